The fourth-order valence-electron chi connectivity index (χ4n) is 2.64. The van der Waals surface area contributed by atoms with Gasteiger partial charge in [0.1, 0.15) is 0 Å². The van der Waals surface area contributed by atoms with Crippen LogP contribution in [-0.2, 0) is 11.8 Å². The van der Waals surface area contributed by atoms with Crippen LogP contribution in [0.1, 0.15) is 11.1 Å². The van der Waals surface area contributed by atoms with Gasteiger partial charge in [0.2, 0.25) is 0 Å². The molecule has 0 saturated carbocycles. The van der Waals surface area contributed by atoms with E-state index in [1.165, 1.54) is 11.1 Å². The molecule has 1 nitrogen and oxygen atoms in total. The zero-order chi connectivity index (χ0) is 12.4. The van der Waals surface area contributed by atoms with Crippen molar-refractivity contribution in [1.82, 2.24) is 5.32 Å². The summed E-state index contributed by atoms with van der Waals surface area (Å²) in [7, 11) is 0. The maximum Gasteiger partial charge on any atom is 0.0242 e. The lowest BCUT2D eigenvalue weighted by atomic mass is 9.71. The van der Waals surface area contributed by atoms with Gasteiger partial charge in [0.25, 0.3) is 0 Å². The molecule has 1 aliphatic heterocycles. The van der Waals surface area contributed by atoms with Crippen molar-refractivity contribution in [3.8, 4) is 0 Å². The molecule has 2 aromatic rings. The average Bonchev–Trinajstić information content (AvgIpc) is 2.37. The van der Waals surface area contributed by atoms with Gasteiger partial charge in [-0.2, -0.15) is 0 Å². The average molecular weight is 302 g/mol. The third-order valence-corrected chi connectivity index (χ3v) is 4.30. The zero-order valence-electron chi connectivity index (χ0n) is 10.2. The van der Waals surface area contributed by atoms with E-state index in [9.17, 15) is 0 Å². The lowest BCUT2D eigenvalue weighted by Crippen LogP contribution is -2.58. The molecule has 0 aliphatic carbocycles. The first-order chi connectivity index (χ1) is 8.78. The molecule has 92 valence electrons. The molecule has 3 rings (SSSR count). The van der Waals surface area contributed by atoms with E-state index in [4.69, 9.17) is 0 Å². The van der Waals surface area contributed by atoms with Crippen molar-refractivity contribution in [2.24, 2.45) is 0 Å². The molecule has 0 bridgehead atoms. The Morgan fingerprint density at radius 3 is 2.17 bits per heavy atom. The quantitative estimate of drug-likeness (QED) is 0.914. The Labute approximate surface area is 116 Å². The molecule has 1 N–H and O–H groups in total. The van der Waals surface area contributed by atoms with E-state index in [0.29, 0.717) is 0 Å². The van der Waals surface area contributed by atoms with E-state index in [1.54, 1.807) is 0 Å². The molecule has 1 saturated heterocycles. The Hall–Kier alpha value is -1.12. The van der Waals surface area contributed by atoms with Crippen LogP contribution < -0.4 is 5.32 Å². The zero-order valence-corrected chi connectivity index (χ0v) is 11.8. The van der Waals surface area contributed by atoms with Crippen molar-refractivity contribution in [1.29, 1.82) is 0 Å². The predicted octanol–water partition coefficient (Wildman–Crippen LogP) is 3.53. The third-order valence-electron chi connectivity index (χ3n) is 3.77. The van der Waals surface area contributed by atoms with Gasteiger partial charge in [-0.1, -0.05) is 58.4 Å². The molecule has 0 aromatic heterocycles. The lowest BCUT2D eigenvalue weighted by molar-refractivity contribution is 0.275. The minimum atomic E-state index is 0.287. The minimum Gasteiger partial charge on any atom is -0.315 e. The summed E-state index contributed by atoms with van der Waals surface area (Å²) in [5.41, 5.74) is 3.14. The van der Waals surface area contributed by atoms with Crippen LogP contribution in [0.3, 0.4) is 0 Å². The number of benzene rings is 2. The standard InChI is InChI=1S/C16H16BrN/c17-15-8-6-13(7-9-15)10-16(11-18-12-16)14-4-2-1-3-5-14/h1-9,18H,10-12H2. The van der Waals surface area contributed by atoms with Crippen LogP contribution in [0.5, 0.6) is 0 Å². The van der Waals surface area contributed by atoms with Crippen molar-refractivity contribution in [2.45, 2.75) is 11.8 Å². The summed E-state index contributed by atoms with van der Waals surface area (Å²) in [6.45, 7) is 2.15. The smallest absolute Gasteiger partial charge is 0.0242 e. The lowest BCUT2D eigenvalue weighted by Gasteiger charge is -2.43. The molecular formula is C16H16BrN. The Kier molecular flexibility index (Phi) is 3.23. The van der Waals surface area contributed by atoms with E-state index in [2.05, 4.69) is 75.8 Å². The van der Waals surface area contributed by atoms with Gasteiger partial charge in [-0.3, -0.25) is 0 Å². The second-order valence-electron chi connectivity index (χ2n) is 5.05. The Bertz CT molecular complexity index is 515. The molecule has 0 amide bonds. The Morgan fingerprint density at radius 2 is 1.61 bits per heavy atom. The van der Waals surface area contributed by atoms with Crippen LogP contribution in [-0.4, -0.2) is 13.1 Å². The van der Waals surface area contributed by atoms with Crippen LogP contribution in [0.15, 0.2) is 59.1 Å². The normalized spacial score (nSPS) is 17.2. The summed E-state index contributed by atoms with van der Waals surface area (Å²) in [5, 5.41) is 3.42. The topological polar surface area (TPSA) is 12.0 Å². The first kappa shape index (κ1) is 11.9. The molecule has 1 heterocycles. The maximum atomic E-state index is 3.49. The van der Waals surface area contributed by atoms with E-state index in [-0.39, 0.29) is 5.41 Å². The number of nitrogens with one attached hydrogen (secondary N) is 1. The summed E-state index contributed by atoms with van der Waals surface area (Å²) >= 11 is 3.49. The minimum absolute atomic E-state index is 0.287. The van der Waals surface area contributed by atoms with Gasteiger partial charge < -0.3 is 5.32 Å². The van der Waals surface area contributed by atoms with Crippen LogP contribution in [0, 0.1) is 0 Å². The molecule has 0 radical (unpaired) electrons. The van der Waals surface area contributed by atoms with E-state index >= 15 is 0 Å². The molecule has 0 spiro atoms. The van der Waals surface area contributed by atoms with Crippen molar-refractivity contribution < 1.29 is 0 Å². The van der Waals surface area contributed by atoms with Crippen LogP contribution in [0.2, 0.25) is 0 Å². The van der Waals surface area contributed by atoms with Crippen LogP contribution in [0.4, 0.5) is 0 Å². The summed E-state index contributed by atoms with van der Waals surface area (Å²) in [6, 6.07) is 19.5. The van der Waals surface area contributed by atoms with Gasteiger partial charge in [-0.05, 0) is 29.7 Å². The highest BCUT2D eigenvalue weighted by Crippen LogP contribution is 2.32. The summed E-state index contributed by atoms with van der Waals surface area (Å²) in [4.78, 5) is 0. The fourth-order valence-corrected chi connectivity index (χ4v) is 2.91. The van der Waals surface area contributed by atoms with Gasteiger partial charge in [-0.15, -0.1) is 0 Å². The van der Waals surface area contributed by atoms with Gasteiger partial charge in [0, 0.05) is 23.0 Å². The highest BCUT2D eigenvalue weighted by Gasteiger charge is 2.38. The summed E-state index contributed by atoms with van der Waals surface area (Å²) in [6.07, 6.45) is 1.11. The second kappa shape index (κ2) is 4.87. The Morgan fingerprint density at radius 1 is 0.944 bits per heavy atom. The van der Waals surface area contributed by atoms with E-state index in [1.807, 2.05) is 0 Å². The summed E-state index contributed by atoms with van der Waals surface area (Å²) < 4.78 is 1.15. The van der Waals surface area contributed by atoms with E-state index < -0.39 is 0 Å². The monoisotopic (exact) mass is 301 g/mol. The highest BCUT2D eigenvalue weighted by molar-refractivity contribution is 9.10. The van der Waals surface area contributed by atoms with Crippen LogP contribution >= 0.6 is 15.9 Å². The number of hydrogen-bond acceptors (Lipinski definition) is 1. The number of hydrogen-bond donors (Lipinski definition) is 1. The fraction of sp³-hybridized carbons (Fsp3) is 0.250. The van der Waals surface area contributed by atoms with Crippen molar-refractivity contribution >= 4 is 15.9 Å². The molecular weight excluding hydrogens is 286 g/mol. The third kappa shape index (κ3) is 2.23. The van der Waals surface area contributed by atoms with Crippen LogP contribution in [0.25, 0.3) is 0 Å². The van der Waals surface area contributed by atoms with Gasteiger partial charge in [-0.25, -0.2) is 0 Å². The number of halogens is 1. The largest absolute Gasteiger partial charge is 0.315 e. The molecule has 1 aliphatic rings. The summed E-state index contributed by atoms with van der Waals surface area (Å²) in [5.74, 6) is 0. The second-order valence-corrected chi connectivity index (χ2v) is 5.97. The first-order valence-corrected chi connectivity index (χ1v) is 7.09. The number of rotatable bonds is 3. The molecule has 1 fully saturated rings. The molecule has 2 heteroatoms. The van der Waals surface area contributed by atoms with Crippen molar-refractivity contribution in [3.63, 3.8) is 0 Å². The van der Waals surface area contributed by atoms with Gasteiger partial charge >= 0.3 is 0 Å². The Balaban J connectivity index is 1.87. The highest BCUT2D eigenvalue weighted by atomic mass is 79.9. The predicted molar refractivity (Wildman–Crippen MR) is 78.8 cm³/mol. The van der Waals surface area contributed by atoms with Crippen molar-refractivity contribution in [2.75, 3.05) is 13.1 Å². The molecule has 18 heavy (non-hydrogen) atoms. The maximum absolute atomic E-state index is 3.49. The van der Waals surface area contributed by atoms with Crippen molar-refractivity contribution in [3.05, 3.63) is 70.2 Å². The first-order valence-electron chi connectivity index (χ1n) is 6.29. The van der Waals surface area contributed by atoms with E-state index in [0.717, 1.165) is 24.0 Å². The SMILES string of the molecule is Brc1ccc(CC2(c3ccccc3)CNC2)cc1. The molecule has 0 atom stereocenters. The van der Waals surface area contributed by atoms with Gasteiger partial charge in [0.05, 0.1) is 0 Å². The molecule has 0 unspecified atom stereocenters. The van der Waals surface area contributed by atoms with Gasteiger partial charge in [0.15, 0.2) is 0 Å². The molecule has 2 aromatic carbocycles.